The van der Waals surface area contributed by atoms with Gasteiger partial charge in [0.15, 0.2) is 0 Å². The monoisotopic (exact) mass is 523 g/mol. The van der Waals surface area contributed by atoms with Gasteiger partial charge in [-0.3, -0.25) is 13.9 Å². The Bertz CT molecular complexity index is 1130. The highest BCUT2D eigenvalue weighted by Gasteiger charge is 2.31. The zero-order chi connectivity index (χ0) is 26.2. The van der Waals surface area contributed by atoms with Crippen molar-refractivity contribution in [2.24, 2.45) is 0 Å². The van der Waals surface area contributed by atoms with Crippen molar-refractivity contribution in [2.75, 3.05) is 23.7 Å². The van der Waals surface area contributed by atoms with E-state index in [1.54, 1.807) is 62.4 Å². The molecule has 10 heteroatoms. The molecule has 2 aromatic rings. The lowest BCUT2D eigenvalue weighted by atomic mass is 10.1. The molecule has 35 heavy (non-hydrogen) atoms. The molecule has 0 heterocycles. The average molecular weight is 524 g/mol. The number of benzene rings is 2. The lowest BCUT2D eigenvalue weighted by molar-refractivity contribution is -0.139. The van der Waals surface area contributed by atoms with Gasteiger partial charge in [-0.25, -0.2) is 8.42 Å². The lowest BCUT2D eigenvalue weighted by Gasteiger charge is -2.32. The maximum atomic E-state index is 13.6. The van der Waals surface area contributed by atoms with Crippen LogP contribution in [0.15, 0.2) is 48.5 Å². The summed E-state index contributed by atoms with van der Waals surface area (Å²) in [4.78, 5) is 27.9. The van der Waals surface area contributed by atoms with Gasteiger partial charge in [0.1, 0.15) is 18.3 Å². The number of hydrogen-bond acceptors (Lipinski definition) is 5. The largest absolute Gasteiger partial charge is 0.492 e. The minimum absolute atomic E-state index is 0.0707. The molecule has 0 saturated carbocycles. The van der Waals surface area contributed by atoms with Gasteiger partial charge in [0.25, 0.3) is 0 Å². The third-order valence-electron chi connectivity index (χ3n) is 5.52. The molecule has 0 aliphatic carbocycles. The van der Waals surface area contributed by atoms with E-state index in [-0.39, 0.29) is 24.2 Å². The molecule has 0 fully saturated rings. The first-order valence-electron chi connectivity index (χ1n) is 11.5. The molecule has 192 valence electrons. The van der Waals surface area contributed by atoms with Crippen molar-refractivity contribution in [3.05, 3.63) is 59.1 Å². The van der Waals surface area contributed by atoms with Gasteiger partial charge in [-0.2, -0.15) is 0 Å². The molecule has 2 aromatic carbocycles. The van der Waals surface area contributed by atoms with Crippen LogP contribution >= 0.6 is 11.6 Å². The number of anilines is 1. The third kappa shape index (κ3) is 8.14. The Morgan fingerprint density at radius 1 is 1.09 bits per heavy atom. The van der Waals surface area contributed by atoms with Crippen LogP contribution in [0.25, 0.3) is 0 Å². The van der Waals surface area contributed by atoms with E-state index in [0.717, 1.165) is 22.5 Å². The van der Waals surface area contributed by atoms with Gasteiger partial charge in [-0.1, -0.05) is 42.8 Å². The predicted octanol–water partition coefficient (Wildman–Crippen LogP) is 3.84. The van der Waals surface area contributed by atoms with Crippen molar-refractivity contribution >= 4 is 39.1 Å². The fourth-order valence-corrected chi connectivity index (χ4v) is 4.48. The minimum atomic E-state index is -3.85. The second kappa shape index (κ2) is 12.8. The third-order valence-corrected chi connectivity index (χ3v) is 6.88. The summed E-state index contributed by atoms with van der Waals surface area (Å²) in [6.07, 6.45) is 1.76. The molecule has 0 aromatic heterocycles. The molecule has 0 saturated heterocycles. The van der Waals surface area contributed by atoms with Crippen LogP contribution < -0.4 is 14.4 Å². The second-order valence-electron chi connectivity index (χ2n) is 8.32. The topological polar surface area (TPSA) is 96.0 Å². The Balaban J connectivity index is 2.43. The molecule has 0 aliphatic heterocycles. The number of hydrogen-bond donors (Lipinski definition) is 1. The molecule has 0 aliphatic rings. The predicted molar refractivity (Wildman–Crippen MR) is 139 cm³/mol. The summed E-state index contributed by atoms with van der Waals surface area (Å²) >= 11 is 6.12. The standard InChI is InChI=1S/C25H34ClN3O5S/c1-6-18(3)27-25(31)19(4)28(16-20-11-10-12-21(26)15-20)24(30)17-29(35(5,32)33)22-13-8-9-14-23(22)34-7-2/h8-15,18-19H,6-7,16-17H2,1-5H3,(H,27,31)/t18-,19+/m1/s1. The number of carbonyl (C=O) groups is 2. The maximum Gasteiger partial charge on any atom is 0.244 e. The molecular weight excluding hydrogens is 490 g/mol. The maximum absolute atomic E-state index is 13.6. The van der Waals surface area contributed by atoms with Crippen LogP contribution in [0.3, 0.4) is 0 Å². The van der Waals surface area contributed by atoms with Gasteiger partial charge < -0.3 is 15.0 Å². The molecule has 2 atom stereocenters. The summed E-state index contributed by atoms with van der Waals surface area (Å²) in [5, 5.41) is 3.39. The lowest BCUT2D eigenvalue weighted by Crippen LogP contribution is -2.52. The fraction of sp³-hybridized carbons (Fsp3) is 0.440. The van der Waals surface area contributed by atoms with Crippen LogP contribution in [0.5, 0.6) is 5.75 Å². The first-order chi connectivity index (χ1) is 16.5. The number of amides is 2. The van der Waals surface area contributed by atoms with Gasteiger partial charge in [0.05, 0.1) is 18.6 Å². The zero-order valence-electron chi connectivity index (χ0n) is 20.8. The molecule has 0 spiro atoms. The average Bonchev–Trinajstić information content (AvgIpc) is 2.80. The van der Waals surface area contributed by atoms with Crippen molar-refractivity contribution in [1.29, 1.82) is 0 Å². The molecule has 0 radical (unpaired) electrons. The van der Waals surface area contributed by atoms with Crippen LogP contribution in [0, 0.1) is 0 Å². The number of nitrogens with one attached hydrogen (secondary N) is 1. The van der Waals surface area contributed by atoms with E-state index in [2.05, 4.69) is 5.32 Å². The van der Waals surface area contributed by atoms with Crippen LogP contribution in [0.4, 0.5) is 5.69 Å². The quantitative estimate of drug-likeness (QED) is 0.456. The second-order valence-corrected chi connectivity index (χ2v) is 10.7. The Labute approximate surface area is 213 Å². The Morgan fingerprint density at radius 2 is 1.77 bits per heavy atom. The summed E-state index contributed by atoms with van der Waals surface area (Å²) in [5.41, 5.74) is 0.972. The van der Waals surface area contributed by atoms with E-state index in [9.17, 15) is 18.0 Å². The van der Waals surface area contributed by atoms with Gasteiger partial charge in [-0.15, -0.1) is 0 Å². The summed E-state index contributed by atoms with van der Waals surface area (Å²) in [5.74, 6) is -0.513. The number of ether oxygens (including phenoxy) is 1. The van der Waals surface area contributed by atoms with E-state index in [0.29, 0.717) is 17.4 Å². The minimum Gasteiger partial charge on any atom is -0.492 e. The molecule has 0 unspecified atom stereocenters. The van der Waals surface area contributed by atoms with E-state index in [1.807, 2.05) is 13.8 Å². The number of rotatable bonds is 12. The van der Waals surface area contributed by atoms with Gasteiger partial charge >= 0.3 is 0 Å². The highest BCUT2D eigenvalue weighted by atomic mass is 35.5. The van der Waals surface area contributed by atoms with E-state index in [4.69, 9.17) is 16.3 Å². The van der Waals surface area contributed by atoms with E-state index < -0.39 is 28.5 Å². The van der Waals surface area contributed by atoms with Gasteiger partial charge in [-0.05, 0) is 57.0 Å². The number of halogens is 1. The van der Waals surface area contributed by atoms with Crippen molar-refractivity contribution in [2.45, 2.75) is 52.7 Å². The summed E-state index contributed by atoms with van der Waals surface area (Å²) in [7, 11) is -3.85. The summed E-state index contributed by atoms with van der Waals surface area (Å²) in [6, 6.07) is 12.7. The SMILES string of the molecule is CCOc1ccccc1N(CC(=O)N(Cc1cccc(Cl)c1)[C@@H](C)C(=O)N[C@H](C)CC)S(C)(=O)=O. The fourth-order valence-electron chi connectivity index (χ4n) is 3.42. The Hall–Kier alpha value is -2.78. The normalized spacial score (nSPS) is 13.0. The highest BCUT2D eigenvalue weighted by molar-refractivity contribution is 7.92. The highest BCUT2D eigenvalue weighted by Crippen LogP contribution is 2.30. The van der Waals surface area contributed by atoms with Gasteiger partial charge in [0, 0.05) is 17.6 Å². The molecule has 8 nitrogen and oxygen atoms in total. The molecule has 2 amide bonds. The van der Waals surface area contributed by atoms with Crippen molar-refractivity contribution in [3.8, 4) is 5.75 Å². The summed E-state index contributed by atoms with van der Waals surface area (Å²) < 4.78 is 32.1. The smallest absolute Gasteiger partial charge is 0.244 e. The van der Waals surface area contributed by atoms with Crippen LogP contribution in [0.2, 0.25) is 5.02 Å². The zero-order valence-corrected chi connectivity index (χ0v) is 22.4. The number of sulfonamides is 1. The van der Waals surface area contributed by atoms with E-state index in [1.165, 1.54) is 4.90 Å². The van der Waals surface area contributed by atoms with Crippen LogP contribution in [0.1, 0.15) is 39.7 Å². The first kappa shape index (κ1) is 28.5. The van der Waals surface area contributed by atoms with Crippen molar-refractivity contribution < 1.29 is 22.7 Å². The number of para-hydroxylation sites is 2. The van der Waals surface area contributed by atoms with Crippen LogP contribution in [-0.2, 0) is 26.2 Å². The first-order valence-corrected chi connectivity index (χ1v) is 13.7. The molecule has 2 rings (SSSR count). The van der Waals surface area contributed by atoms with E-state index >= 15 is 0 Å². The summed E-state index contributed by atoms with van der Waals surface area (Å²) in [6.45, 7) is 7.16. The Kier molecular flexibility index (Phi) is 10.4. The Morgan fingerprint density at radius 3 is 2.37 bits per heavy atom. The van der Waals surface area contributed by atoms with Crippen molar-refractivity contribution in [1.82, 2.24) is 10.2 Å². The molecule has 1 N–H and O–H groups in total. The molecule has 0 bridgehead atoms. The van der Waals surface area contributed by atoms with Crippen LogP contribution in [-0.4, -0.2) is 56.6 Å². The number of nitrogens with zero attached hydrogens (tertiary/aromatic N) is 2. The van der Waals surface area contributed by atoms with Gasteiger partial charge in [0.2, 0.25) is 21.8 Å². The van der Waals surface area contributed by atoms with Crippen molar-refractivity contribution in [3.63, 3.8) is 0 Å². The number of carbonyl (C=O) groups excluding carboxylic acids is 2. The molecular formula is C25H34ClN3O5S.